The van der Waals surface area contributed by atoms with Gasteiger partial charge in [-0.2, -0.15) is 0 Å². The van der Waals surface area contributed by atoms with Crippen LogP contribution in [0.4, 0.5) is 0 Å². The Labute approximate surface area is 113 Å². The summed E-state index contributed by atoms with van der Waals surface area (Å²) in [6.07, 6.45) is 0.864. The highest BCUT2D eigenvalue weighted by molar-refractivity contribution is 7.91. The fourth-order valence-electron chi connectivity index (χ4n) is 1.48. The zero-order valence-corrected chi connectivity index (χ0v) is 11.9. The van der Waals surface area contributed by atoms with Crippen LogP contribution in [-0.4, -0.2) is 41.0 Å². The van der Waals surface area contributed by atoms with Crippen LogP contribution in [0.15, 0.2) is 29.2 Å². The van der Waals surface area contributed by atoms with Crippen LogP contribution in [0.1, 0.15) is 6.42 Å². The van der Waals surface area contributed by atoms with Crippen LogP contribution in [0.2, 0.25) is 5.02 Å². The molecule has 0 fully saturated rings. The zero-order chi connectivity index (χ0) is 13.4. The monoisotopic (exact) mass is 291 g/mol. The fourth-order valence-corrected chi connectivity index (χ4v) is 3.25. The van der Waals surface area contributed by atoms with E-state index in [4.69, 9.17) is 16.3 Å². The molecular formula is C12H18ClNO3S. The molecule has 0 saturated carbocycles. The zero-order valence-electron chi connectivity index (χ0n) is 10.4. The van der Waals surface area contributed by atoms with E-state index in [-0.39, 0.29) is 15.7 Å². The molecule has 0 aromatic heterocycles. The van der Waals surface area contributed by atoms with Crippen molar-refractivity contribution in [2.24, 2.45) is 0 Å². The van der Waals surface area contributed by atoms with Crippen molar-refractivity contribution in [2.75, 3.05) is 32.6 Å². The van der Waals surface area contributed by atoms with Crippen LogP contribution in [0.3, 0.4) is 0 Å². The minimum Gasteiger partial charge on any atom is -0.385 e. The summed E-state index contributed by atoms with van der Waals surface area (Å²) in [5.41, 5.74) is 0. The summed E-state index contributed by atoms with van der Waals surface area (Å²) < 4.78 is 28.9. The van der Waals surface area contributed by atoms with E-state index in [0.29, 0.717) is 13.2 Å². The molecule has 0 aliphatic heterocycles. The molecule has 0 amide bonds. The highest BCUT2D eigenvalue weighted by Gasteiger charge is 2.16. The molecule has 0 aliphatic rings. The number of hydrogen-bond donors (Lipinski definition) is 1. The minimum atomic E-state index is -3.31. The van der Waals surface area contributed by atoms with Gasteiger partial charge in [-0.25, -0.2) is 8.42 Å². The SMILES string of the molecule is COCCCNCCS(=O)(=O)c1ccccc1Cl. The molecule has 0 aliphatic carbocycles. The average Bonchev–Trinajstić information content (AvgIpc) is 2.34. The van der Waals surface area contributed by atoms with E-state index in [1.54, 1.807) is 25.3 Å². The van der Waals surface area contributed by atoms with E-state index in [1.165, 1.54) is 6.07 Å². The predicted octanol–water partition coefficient (Wildman–Crippen LogP) is 1.74. The van der Waals surface area contributed by atoms with Crippen molar-refractivity contribution in [2.45, 2.75) is 11.3 Å². The summed E-state index contributed by atoms with van der Waals surface area (Å²) in [4.78, 5) is 0.199. The van der Waals surface area contributed by atoms with E-state index in [9.17, 15) is 8.42 Å². The fraction of sp³-hybridized carbons (Fsp3) is 0.500. The van der Waals surface area contributed by atoms with Crippen LogP contribution in [-0.2, 0) is 14.6 Å². The molecule has 0 bridgehead atoms. The topological polar surface area (TPSA) is 55.4 Å². The Morgan fingerprint density at radius 1 is 1.28 bits per heavy atom. The first-order valence-corrected chi connectivity index (χ1v) is 7.78. The van der Waals surface area contributed by atoms with Gasteiger partial charge < -0.3 is 10.1 Å². The number of nitrogens with one attached hydrogen (secondary N) is 1. The maximum absolute atomic E-state index is 12.0. The normalized spacial score (nSPS) is 11.7. The first kappa shape index (κ1) is 15.4. The Morgan fingerprint density at radius 2 is 2.00 bits per heavy atom. The van der Waals surface area contributed by atoms with Gasteiger partial charge in [-0.15, -0.1) is 0 Å². The van der Waals surface area contributed by atoms with Crippen LogP contribution >= 0.6 is 11.6 Å². The lowest BCUT2D eigenvalue weighted by atomic mass is 10.4. The van der Waals surface area contributed by atoms with E-state index < -0.39 is 9.84 Å². The van der Waals surface area contributed by atoms with Gasteiger partial charge in [-0.3, -0.25) is 0 Å². The number of halogens is 1. The van der Waals surface area contributed by atoms with Crippen molar-refractivity contribution in [3.63, 3.8) is 0 Å². The van der Waals surface area contributed by atoms with Gasteiger partial charge in [-0.05, 0) is 25.1 Å². The predicted molar refractivity (Wildman–Crippen MR) is 72.9 cm³/mol. The van der Waals surface area contributed by atoms with Crippen molar-refractivity contribution < 1.29 is 13.2 Å². The number of hydrogen-bond acceptors (Lipinski definition) is 4. The molecule has 4 nitrogen and oxygen atoms in total. The van der Waals surface area contributed by atoms with Gasteiger partial charge in [-0.1, -0.05) is 23.7 Å². The van der Waals surface area contributed by atoms with Crippen molar-refractivity contribution in [3.05, 3.63) is 29.3 Å². The number of sulfone groups is 1. The minimum absolute atomic E-state index is 0.0454. The van der Waals surface area contributed by atoms with E-state index in [0.717, 1.165) is 13.0 Å². The summed E-state index contributed by atoms with van der Waals surface area (Å²) in [5, 5.41) is 3.34. The third kappa shape index (κ3) is 4.94. The first-order chi connectivity index (χ1) is 8.58. The molecule has 1 N–H and O–H groups in total. The third-order valence-electron chi connectivity index (χ3n) is 2.42. The lowest BCUT2D eigenvalue weighted by Crippen LogP contribution is -2.24. The Kier molecular flexibility index (Phi) is 6.63. The quantitative estimate of drug-likeness (QED) is 0.741. The number of benzene rings is 1. The standard InChI is InChI=1S/C12H18ClNO3S/c1-17-9-4-7-14-8-10-18(15,16)12-6-3-2-5-11(12)13/h2-3,5-6,14H,4,7-10H2,1H3. The van der Waals surface area contributed by atoms with Crippen LogP contribution in [0.5, 0.6) is 0 Å². The maximum atomic E-state index is 12.0. The molecule has 0 spiro atoms. The van der Waals surface area contributed by atoms with Crippen molar-refractivity contribution in [3.8, 4) is 0 Å². The lowest BCUT2D eigenvalue weighted by Gasteiger charge is -2.07. The highest BCUT2D eigenvalue weighted by atomic mass is 35.5. The van der Waals surface area contributed by atoms with Gasteiger partial charge in [0.2, 0.25) is 0 Å². The van der Waals surface area contributed by atoms with Crippen LogP contribution in [0.25, 0.3) is 0 Å². The van der Waals surface area contributed by atoms with E-state index in [2.05, 4.69) is 5.32 Å². The van der Waals surface area contributed by atoms with Crippen molar-refractivity contribution in [1.29, 1.82) is 0 Å². The molecule has 102 valence electrons. The van der Waals surface area contributed by atoms with Gasteiger partial charge in [0.05, 0.1) is 15.7 Å². The summed E-state index contributed by atoms with van der Waals surface area (Å²) >= 11 is 5.87. The van der Waals surface area contributed by atoms with Gasteiger partial charge in [0.15, 0.2) is 9.84 Å². The number of rotatable bonds is 8. The molecule has 0 unspecified atom stereocenters. The molecule has 0 saturated heterocycles. The molecule has 1 aromatic carbocycles. The van der Waals surface area contributed by atoms with Gasteiger partial charge >= 0.3 is 0 Å². The maximum Gasteiger partial charge on any atom is 0.181 e. The number of ether oxygens (including phenoxy) is 1. The first-order valence-electron chi connectivity index (χ1n) is 5.75. The lowest BCUT2D eigenvalue weighted by molar-refractivity contribution is 0.194. The second kappa shape index (κ2) is 7.74. The van der Waals surface area contributed by atoms with Gasteiger partial charge in [0, 0.05) is 20.3 Å². The summed E-state index contributed by atoms with van der Waals surface area (Å²) in [7, 11) is -1.67. The Morgan fingerprint density at radius 3 is 2.67 bits per heavy atom. The average molecular weight is 292 g/mol. The summed E-state index contributed by atoms with van der Waals surface area (Å²) in [6, 6.07) is 6.50. The third-order valence-corrected chi connectivity index (χ3v) is 4.63. The molecule has 0 heterocycles. The summed E-state index contributed by atoms with van der Waals surface area (Å²) in [6.45, 7) is 1.83. The van der Waals surface area contributed by atoms with Crippen molar-refractivity contribution >= 4 is 21.4 Å². The second-order valence-corrected chi connectivity index (χ2v) is 6.33. The van der Waals surface area contributed by atoms with Crippen molar-refractivity contribution in [1.82, 2.24) is 5.32 Å². The Bertz CT molecular complexity index is 462. The molecule has 6 heteroatoms. The van der Waals surface area contributed by atoms with Crippen LogP contribution < -0.4 is 5.32 Å². The Hall–Kier alpha value is -0.620. The molecular weight excluding hydrogens is 274 g/mol. The molecule has 1 aromatic rings. The van der Waals surface area contributed by atoms with Gasteiger partial charge in [0.1, 0.15) is 0 Å². The van der Waals surface area contributed by atoms with Gasteiger partial charge in [0.25, 0.3) is 0 Å². The molecule has 0 atom stereocenters. The molecule has 1 rings (SSSR count). The largest absolute Gasteiger partial charge is 0.385 e. The van der Waals surface area contributed by atoms with E-state index in [1.807, 2.05) is 0 Å². The highest BCUT2D eigenvalue weighted by Crippen LogP contribution is 2.21. The van der Waals surface area contributed by atoms with Crippen LogP contribution in [0, 0.1) is 0 Å². The van der Waals surface area contributed by atoms with E-state index >= 15 is 0 Å². The molecule has 18 heavy (non-hydrogen) atoms. The molecule has 0 radical (unpaired) electrons. The second-order valence-electron chi connectivity index (χ2n) is 3.85. The number of methoxy groups -OCH3 is 1. The smallest absolute Gasteiger partial charge is 0.181 e. The Balaban J connectivity index is 2.44. The summed E-state index contributed by atoms with van der Waals surface area (Å²) in [5.74, 6) is 0.0454.